The Hall–Kier alpha value is -4.77. The monoisotopic (exact) mass is 748 g/mol. The molecule has 53 heavy (non-hydrogen) atoms. The number of fused-ring (bicyclic) bond motifs is 2. The van der Waals surface area contributed by atoms with Crippen LogP contribution in [-0.4, -0.2) is 48.7 Å². The molecule has 1 N–H and O–H groups in total. The maximum atomic E-state index is 12.3. The molecule has 1 fully saturated rings. The summed E-state index contributed by atoms with van der Waals surface area (Å²) < 4.78 is 42.9. The maximum Gasteiger partial charge on any atom is 0.264 e. The van der Waals surface area contributed by atoms with Gasteiger partial charge in [0.15, 0.2) is 12.3 Å². The van der Waals surface area contributed by atoms with Crippen LogP contribution in [0.1, 0.15) is 57.4 Å². The predicted molar refractivity (Wildman–Crippen MR) is 214 cm³/mol. The van der Waals surface area contributed by atoms with Crippen LogP contribution in [0.4, 0.5) is 5.69 Å². The van der Waals surface area contributed by atoms with Crippen LogP contribution in [0.15, 0.2) is 115 Å². The third kappa shape index (κ3) is 8.56. The maximum absolute atomic E-state index is 12.3. The van der Waals surface area contributed by atoms with Gasteiger partial charge in [0.1, 0.15) is 10.7 Å². The Labute approximate surface area is 316 Å². The van der Waals surface area contributed by atoms with Crippen molar-refractivity contribution in [2.24, 2.45) is 0 Å². The van der Waals surface area contributed by atoms with Crippen LogP contribution in [-0.2, 0) is 21.5 Å². The van der Waals surface area contributed by atoms with Gasteiger partial charge in [0.25, 0.3) is 15.1 Å². The first kappa shape index (κ1) is 36.6. The summed E-state index contributed by atoms with van der Waals surface area (Å²) in [6, 6.07) is 33.4. The highest BCUT2D eigenvalue weighted by atomic mass is 32.2. The summed E-state index contributed by atoms with van der Waals surface area (Å²) in [6.07, 6.45) is 9.10. The predicted octanol–water partition coefficient (Wildman–Crippen LogP) is 9.13. The summed E-state index contributed by atoms with van der Waals surface area (Å²) in [4.78, 5) is 16.3. The van der Waals surface area contributed by atoms with Gasteiger partial charge >= 0.3 is 0 Å². The lowest BCUT2D eigenvalue weighted by Gasteiger charge is -2.19. The molecule has 8 nitrogen and oxygen atoms in total. The minimum Gasteiger partial charge on any atom is -0.439 e. The van der Waals surface area contributed by atoms with Crippen LogP contribution in [0.5, 0.6) is 5.75 Å². The smallest absolute Gasteiger partial charge is 0.264 e. The minimum absolute atomic E-state index is 0.0845. The van der Waals surface area contributed by atoms with Gasteiger partial charge in [0, 0.05) is 37.7 Å². The van der Waals surface area contributed by atoms with Gasteiger partial charge in [-0.2, -0.15) is 13.0 Å². The molecular formula is C43H46N3O5S2+. The fourth-order valence-electron chi connectivity index (χ4n) is 7.12. The molecule has 1 saturated heterocycles. The standard InChI is InChI=1S/C43H45N3O5S2/c1-3-23-46-36(43(46)47)18-11-12-24-45-38-30-35(33-16-9-6-10-17-33)20-22-40(38)52-42(45)28-31(4-2)27-41-44(25-13-26-53(48,49)50)37-29-34(19-21-39(37)51-41)32-14-7-5-8-15-32/h5-10,14-17,19-22,27-30,36H,3-4,11-13,18,23-26H2,1-2H3/p+1. The summed E-state index contributed by atoms with van der Waals surface area (Å²) in [6.45, 7) is 6.28. The van der Waals surface area contributed by atoms with Crippen LogP contribution in [0.25, 0.3) is 38.5 Å². The fourth-order valence-corrected chi connectivity index (χ4v) is 8.76. The van der Waals surface area contributed by atoms with Crippen molar-refractivity contribution in [2.45, 2.75) is 65.0 Å². The van der Waals surface area contributed by atoms with Gasteiger partial charge < -0.3 is 14.5 Å². The third-order valence-corrected chi connectivity index (χ3v) is 11.9. The number of amides is 1. The van der Waals surface area contributed by atoms with Crippen molar-refractivity contribution in [3.8, 4) is 28.0 Å². The molecule has 0 saturated carbocycles. The zero-order valence-electron chi connectivity index (χ0n) is 30.3. The summed E-state index contributed by atoms with van der Waals surface area (Å²) in [7, 11) is -4.11. The van der Waals surface area contributed by atoms with E-state index in [4.69, 9.17) is 4.74 Å². The number of rotatable bonds is 16. The van der Waals surface area contributed by atoms with Gasteiger partial charge in [-0.05, 0) is 78.1 Å². The van der Waals surface area contributed by atoms with E-state index in [0.717, 1.165) is 72.6 Å². The molecule has 4 aromatic carbocycles. The van der Waals surface area contributed by atoms with E-state index in [1.54, 1.807) is 11.3 Å². The average Bonchev–Trinajstić information content (AvgIpc) is 3.45. The van der Waals surface area contributed by atoms with E-state index in [0.29, 0.717) is 18.2 Å². The Kier molecular flexibility index (Phi) is 11.1. The van der Waals surface area contributed by atoms with E-state index >= 15 is 0 Å². The lowest BCUT2D eigenvalue weighted by molar-refractivity contribution is -0.669. The number of carbonyl (C=O) groups excluding carboxylic acids is 1. The normalized spacial score (nSPS) is 16.4. The molecule has 1 unspecified atom stereocenters. The van der Waals surface area contributed by atoms with Gasteiger partial charge in [-0.25, -0.2) is 0 Å². The average molecular weight is 749 g/mol. The first-order valence-electron chi connectivity index (χ1n) is 18.6. The minimum atomic E-state index is -4.11. The summed E-state index contributed by atoms with van der Waals surface area (Å²) in [5, 5.41) is 1.13. The van der Waals surface area contributed by atoms with Crippen molar-refractivity contribution in [3.63, 3.8) is 0 Å². The number of aromatic nitrogens is 1. The van der Waals surface area contributed by atoms with E-state index < -0.39 is 10.1 Å². The topological polar surface area (TPSA) is 90.8 Å². The van der Waals surface area contributed by atoms with Gasteiger partial charge in [-0.15, -0.1) is 0 Å². The highest BCUT2D eigenvalue weighted by molar-refractivity contribution is 7.85. The Morgan fingerprint density at radius 2 is 1.57 bits per heavy atom. The van der Waals surface area contributed by atoms with E-state index in [1.165, 1.54) is 21.3 Å². The summed E-state index contributed by atoms with van der Waals surface area (Å²) >= 11 is 1.76. The van der Waals surface area contributed by atoms with Gasteiger partial charge in [0.05, 0.1) is 11.4 Å². The molecule has 3 heterocycles. The Morgan fingerprint density at radius 1 is 0.868 bits per heavy atom. The van der Waals surface area contributed by atoms with Gasteiger partial charge in [-0.3, -0.25) is 9.35 Å². The molecule has 274 valence electrons. The molecule has 7 rings (SSSR count). The molecule has 0 radical (unpaired) electrons. The second-order valence-electron chi connectivity index (χ2n) is 13.7. The molecule has 1 atom stereocenters. The molecule has 0 bridgehead atoms. The third-order valence-electron chi connectivity index (χ3n) is 9.94. The Morgan fingerprint density at radius 3 is 2.25 bits per heavy atom. The number of allylic oxidation sites excluding steroid dienone is 2. The van der Waals surface area contributed by atoms with E-state index in [-0.39, 0.29) is 24.1 Å². The van der Waals surface area contributed by atoms with Crippen LogP contribution in [0.2, 0.25) is 0 Å². The summed E-state index contributed by atoms with van der Waals surface area (Å²) in [5.74, 6) is 1.28. The van der Waals surface area contributed by atoms with Crippen molar-refractivity contribution in [3.05, 3.63) is 120 Å². The van der Waals surface area contributed by atoms with Crippen molar-refractivity contribution < 1.29 is 27.1 Å². The second-order valence-corrected chi connectivity index (χ2v) is 16.3. The zero-order valence-corrected chi connectivity index (χ0v) is 31.9. The molecule has 0 spiro atoms. The molecular weight excluding hydrogens is 703 g/mol. The molecule has 5 aromatic rings. The van der Waals surface area contributed by atoms with Crippen LogP contribution >= 0.6 is 11.3 Å². The highest BCUT2D eigenvalue weighted by Crippen LogP contribution is 2.42. The van der Waals surface area contributed by atoms with E-state index in [2.05, 4.69) is 91.2 Å². The summed E-state index contributed by atoms with van der Waals surface area (Å²) in [5.41, 5.74) is 7.57. The van der Waals surface area contributed by atoms with Crippen LogP contribution in [0, 0.1) is 0 Å². The van der Waals surface area contributed by atoms with E-state index in [1.807, 2.05) is 46.2 Å². The number of hydrogen-bond donors (Lipinski definition) is 1. The van der Waals surface area contributed by atoms with E-state index in [9.17, 15) is 17.8 Å². The second kappa shape index (κ2) is 16.1. The first-order chi connectivity index (χ1) is 25.7. The number of anilines is 1. The first-order valence-corrected chi connectivity index (χ1v) is 21.0. The quantitative estimate of drug-likeness (QED) is 0.0469. The molecule has 2 aliphatic heterocycles. The Balaban J connectivity index is 1.21. The molecule has 10 heteroatoms. The number of hydrogen-bond acceptors (Lipinski definition) is 6. The number of nitrogens with zero attached hydrogens (tertiary/aromatic N) is 3. The van der Waals surface area contributed by atoms with Crippen LogP contribution < -0.4 is 14.2 Å². The number of carbonyl (C=O) groups is 1. The van der Waals surface area contributed by atoms with Gasteiger partial charge in [-0.1, -0.05) is 98.0 Å². The Bertz CT molecular complexity index is 2270. The number of aryl methyl sites for hydroxylation is 1. The SMILES string of the molecule is CCCN1C(=O)C1CCCC[n+]1c(C=C(C=C2Oc3ccc(-c4ccccc4)cc3N2CCCS(=O)(=O)O)CC)sc2ccc(-c3ccccc3)cc21. The van der Waals surface area contributed by atoms with Crippen molar-refractivity contribution in [1.82, 2.24) is 4.90 Å². The molecule has 2 aliphatic rings. The number of benzene rings is 4. The highest BCUT2D eigenvalue weighted by Gasteiger charge is 2.43. The molecule has 0 aliphatic carbocycles. The van der Waals surface area contributed by atoms with Crippen molar-refractivity contribution in [1.29, 1.82) is 0 Å². The molecule has 1 aromatic heterocycles. The van der Waals surface area contributed by atoms with Crippen molar-refractivity contribution in [2.75, 3.05) is 23.7 Å². The zero-order chi connectivity index (χ0) is 37.0. The fraction of sp³-hybridized carbons (Fsp3) is 0.302. The number of ether oxygens (including phenoxy) is 1. The lowest BCUT2D eigenvalue weighted by Crippen LogP contribution is -2.35. The number of thiazole rings is 1. The van der Waals surface area contributed by atoms with Crippen LogP contribution in [0.3, 0.4) is 0 Å². The largest absolute Gasteiger partial charge is 0.439 e. The molecule has 1 amide bonds. The van der Waals surface area contributed by atoms with Gasteiger partial charge in [0.2, 0.25) is 17.3 Å². The number of unbranched alkanes of at least 4 members (excludes halogenated alkanes) is 1. The lowest BCUT2D eigenvalue weighted by atomic mass is 10.0. The van der Waals surface area contributed by atoms with Crippen molar-refractivity contribution >= 4 is 49.3 Å².